The van der Waals surface area contributed by atoms with E-state index in [-0.39, 0.29) is 14.9 Å². The molecule has 0 heterocycles. The Morgan fingerprint density at radius 1 is 0.680 bits per heavy atom. The number of hydrogen-bond donors (Lipinski definition) is 0. The Morgan fingerprint density at radius 3 is 0.680 bits per heavy atom. The SMILES string of the molecule is C.C.CC(C)(C)C.CN(C)C.CP(C)C.C[Si](C)(C)C.[CH3][Sn]([CH3])([CH3])[CH3]. The fraction of sp³-hybridized carbons (Fsp3) is 1.00. The Morgan fingerprint density at radius 2 is 0.680 bits per heavy atom. The molecule has 0 atom stereocenters. The van der Waals surface area contributed by atoms with Gasteiger partial charge in [-0.1, -0.05) is 68.7 Å². The minimum atomic E-state index is -1.18. The molecule has 25 heavy (non-hydrogen) atoms. The van der Waals surface area contributed by atoms with Gasteiger partial charge in [-0.3, -0.25) is 0 Å². The van der Waals surface area contributed by atoms with Crippen molar-refractivity contribution in [3.05, 3.63) is 0 Å². The molecule has 164 valence electrons. The van der Waals surface area contributed by atoms with E-state index in [0.717, 1.165) is 0 Å². The summed E-state index contributed by atoms with van der Waals surface area (Å²) in [5.41, 5.74) is 0.500. The first-order valence-electron chi connectivity index (χ1n) is 8.68. The quantitative estimate of drug-likeness (QED) is 0.235. The van der Waals surface area contributed by atoms with Crippen molar-refractivity contribution in [2.45, 2.75) is 88.5 Å². The van der Waals surface area contributed by atoms with Crippen LogP contribution < -0.4 is 0 Å². The molecule has 0 aliphatic carbocycles. The van der Waals surface area contributed by atoms with Crippen LogP contribution in [0.5, 0.6) is 0 Å². The summed E-state index contributed by atoms with van der Waals surface area (Å²) in [6.07, 6.45) is 0. The van der Waals surface area contributed by atoms with Crippen LogP contribution >= 0.6 is 7.92 Å². The van der Waals surface area contributed by atoms with Gasteiger partial charge in [-0.2, -0.15) is 0 Å². The third kappa shape index (κ3) is 7040. The first kappa shape index (κ1) is 45.3. The summed E-state index contributed by atoms with van der Waals surface area (Å²) in [5.74, 6) is 0. The zero-order valence-corrected chi connectivity index (χ0v) is 25.1. The zero-order valence-electron chi connectivity index (χ0n) is 20.4. The molecule has 4 heteroatoms. The molecule has 0 amide bonds. The predicted molar refractivity (Wildman–Crippen MR) is 141 cm³/mol. The van der Waals surface area contributed by atoms with E-state index in [4.69, 9.17) is 0 Å². The second-order valence-electron chi connectivity index (χ2n) is 11.7. The Kier molecular flexibility index (Phi) is 42.4. The minimum absolute atomic E-state index is 0. The standard InChI is InChI=1S/C5H12.C4H12Si.C3H9N.C3H9P.2CH4.4CH3.Sn/c2*1-5(2,3)4;2*1-4(2)3;;;;;;;/h2*1-4H3;2*1-3H3;2*1H4;4*1H3;. The van der Waals surface area contributed by atoms with Crippen LogP contribution in [0.1, 0.15) is 42.5 Å². The van der Waals surface area contributed by atoms with Crippen molar-refractivity contribution in [1.82, 2.24) is 4.90 Å². The van der Waals surface area contributed by atoms with E-state index in [1.54, 1.807) is 0 Å². The van der Waals surface area contributed by atoms with Gasteiger partial charge in [-0.15, -0.1) is 7.92 Å². The molecule has 0 aliphatic rings. The maximum absolute atomic E-state index is 2.40. The molecule has 0 spiro atoms. The van der Waals surface area contributed by atoms with Gasteiger partial charge >= 0.3 is 38.1 Å². The first-order chi connectivity index (χ1) is 9.46. The second-order valence-corrected chi connectivity index (χ2v) is 37.5. The van der Waals surface area contributed by atoms with E-state index in [1.165, 1.54) is 0 Å². The average molecular weight is 507 g/mol. The van der Waals surface area contributed by atoms with Crippen molar-refractivity contribution in [2.24, 2.45) is 5.41 Å². The molecular weight excluding hydrogens is 444 g/mol. The molecule has 0 radical (unpaired) electrons. The van der Waals surface area contributed by atoms with E-state index in [0.29, 0.717) is 13.3 Å². The van der Waals surface area contributed by atoms with Crippen LogP contribution in [0, 0.1) is 5.41 Å². The molecule has 0 aliphatic heterocycles. The Hall–Kier alpha value is 1.41. The topological polar surface area (TPSA) is 3.24 Å². The predicted octanol–water partition coefficient (Wildman–Crippen LogP) is 8.77. The van der Waals surface area contributed by atoms with Crippen LogP contribution in [0.15, 0.2) is 0 Å². The van der Waals surface area contributed by atoms with Gasteiger partial charge < -0.3 is 4.90 Å². The van der Waals surface area contributed by atoms with Gasteiger partial charge in [0.25, 0.3) is 0 Å². The van der Waals surface area contributed by atoms with Gasteiger partial charge in [-0.05, 0) is 46.6 Å². The molecule has 1 nitrogen and oxygen atoms in total. The second kappa shape index (κ2) is 23.4. The number of hydrogen-bond acceptors (Lipinski definition) is 1. The fourth-order valence-corrected chi connectivity index (χ4v) is 0. The molecule has 0 bridgehead atoms. The molecule has 0 saturated heterocycles. The molecule has 0 aromatic carbocycles. The zero-order chi connectivity index (χ0) is 20.7. The molecule has 0 saturated carbocycles. The molecule has 0 aromatic heterocycles. The Labute approximate surface area is 173 Å². The van der Waals surface area contributed by atoms with Crippen molar-refractivity contribution in [3.63, 3.8) is 0 Å². The van der Waals surface area contributed by atoms with Crippen molar-refractivity contribution < 1.29 is 0 Å². The summed E-state index contributed by atoms with van der Waals surface area (Å²) in [7, 11) is 5.77. The summed E-state index contributed by atoms with van der Waals surface area (Å²) < 4.78 is 0. The monoisotopic (exact) mass is 507 g/mol. The normalized spacial score (nSPS) is 10.1. The summed E-state index contributed by atoms with van der Waals surface area (Å²) in [6, 6.07) is 0. The van der Waals surface area contributed by atoms with Crippen LogP contribution in [-0.4, -0.2) is 72.5 Å². The fourth-order valence-electron chi connectivity index (χ4n) is 0. The van der Waals surface area contributed by atoms with E-state index in [2.05, 4.69) is 93.6 Å². The Bertz CT molecular complexity index is 153. The number of rotatable bonds is 0. The van der Waals surface area contributed by atoms with Crippen LogP contribution in [0.3, 0.4) is 0 Å². The van der Waals surface area contributed by atoms with Crippen molar-refractivity contribution >= 4 is 34.4 Å². The van der Waals surface area contributed by atoms with Crippen molar-refractivity contribution in [1.29, 1.82) is 0 Å². The van der Waals surface area contributed by atoms with E-state index in [9.17, 15) is 0 Å². The van der Waals surface area contributed by atoms with Gasteiger partial charge in [0.15, 0.2) is 0 Å². The molecule has 0 aromatic rings. The third-order valence-electron chi connectivity index (χ3n) is 0. The molecular formula is C21H62NPSiSn. The molecule has 0 fully saturated rings. The van der Waals surface area contributed by atoms with Gasteiger partial charge in [0.05, 0.1) is 0 Å². The van der Waals surface area contributed by atoms with Crippen LogP contribution in [0.25, 0.3) is 0 Å². The molecule has 0 unspecified atom stereocenters. The van der Waals surface area contributed by atoms with Crippen LogP contribution in [0.2, 0.25) is 45.9 Å². The summed E-state index contributed by atoms with van der Waals surface area (Å²) in [4.78, 5) is 11.6. The Balaban J connectivity index is -0.0000000319. The third-order valence-corrected chi connectivity index (χ3v) is 0. The van der Waals surface area contributed by atoms with Gasteiger partial charge in [0.1, 0.15) is 0 Å². The van der Waals surface area contributed by atoms with Gasteiger partial charge in [0, 0.05) is 8.07 Å². The van der Waals surface area contributed by atoms with Crippen molar-refractivity contribution in [2.75, 3.05) is 41.1 Å². The summed E-state index contributed by atoms with van der Waals surface area (Å²) in [6.45, 7) is 24.8. The molecule has 0 N–H and O–H groups in total. The first-order valence-corrected chi connectivity index (χ1v) is 26.8. The number of nitrogens with zero attached hydrogens (tertiary/aromatic N) is 1. The van der Waals surface area contributed by atoms with Gasteiger partial charge in [-0.25, -0.2) is 0 Å². The van der Waals surface area contributed by atoms with E-state index >= 15 is 0 Å². The summed E-state index contributed by atoms with van der Waals surface area (Å²) in [5, 5.41) is 0. The van der Waals surface area contributed by atoms with E-state index in [1.807, 2.05) is 26.0 Å². The van der Waals surface area contributed by atoms with Gasteiger partial charge in [0.2, 0.25) is 0 Å². The van der Waals surface area contributed by atoms with E-state index < -0.39 is 26.5 Å². The van der Waals surface area contributed by atoms with Crippen LogP contribution in [0.4, 0.5) is 0 Å². The average Bonchev–Trinajstić information content (AvgIpc) is 1.85. The summed E-state index contributed by atoms with van der Waals surface area (Å²) >= 11 is -1.18. The van der Waals surface area contributed by atoms with Crippen molar-refractivity contribution in [3.8, 4) is 0 Å². The molecule has 0 rings (SSSR count). The van der Waals surface area contributed by atoms with Crippen LogP contribution in [-0.2, 0) is 0 Å². The maximum atomic E-state index is 2.40.